The summed E-state index contributed by atoms with van der Waals surface area (Å²) in [5, 5.41) is 9.30. The summed E-state index contributed by atoms with van der Waals surface area (Å²) < 4.78 is 5.30. The minimum Gasteiger partial charge on any atom is -0.465 e. The molecule has 114 valence electrons. The van der Waals surface area contributed by atoms with Crippen molar-refractivity contribution in [3.05, 3.63) is 77.9 Å². The summed E-state index contributed by atoms with van der Waals surface area (Å²) in [5.41, 5.74) is 7.90. The molecule has 3 aromatic carbocycles. The van der Waals surface area contributed by atoms with Crippen LogP contribution in [0.3, 0.4) is 0 Å². The quantitative estimate of drug-likeness (QED) is 0.559. The predicted molar refractivity (Wildman–Crippen MR) is 92.4 cm³/mol. The van der Waals surface area contributed by atoms with Gasteiger partial charge in [0.05, 0.1) is 0 Å². The van der Waals surface area contributed by atoms with Gasteiger partial charge in [0, 0.05) is 0 Å². The number of hydrogen-bond donors (Lipinski definition) is 1. The molecule has 1 aliphatic rings. The number of rotatable bonds is 3. The second kappa shape index (κ2) is 5.56. The number of ether oxygens (including phenoxy) is 1. The highest BCUT2D eigenvalue weighted by atomic mass is 16.6. The van der Waals surface area contributed by atoms with Gasteiger partial charge < -0.3 is 9.84 Å². The zero-order valence-corrected chi connectivity index (χ0v) is 13.0. The van der Waals surface area contributed by atoms with Crippen LogP contribution >= 0.6 is 0 Å². The van der Waals surface area contributed by atoms with E-state index >= 15 is 0 Å². The number of hydrogen-bond acceptors (Lipinski definition) is 2. The molecule has 2 heteroatoms. The SMILES string of the molecule is CC(O)Oc1ccc(-c2cccc3c2Cc2ccccc2-3)cc1. The van der Waals surface area contributed by atoms with Gasteiger partial charge in [0.25, 0.3) is 0 Å². The number of benzene rings is 3. The third-order valence-electron chi connectivity index (χ3n) is 4.32. The molecule has 0 aromatic heterocycles. The first-order valence-corrected chi connectivity index (χ1v) is 7.88. The van der Waals surface area contributed by atoms with Crippen LogP contribution in [-0.4, -0.2) is 11.4 Å². The van der Waals surface area contributed by atoms with Crippen LogP contribution in [-0.2, 0) is 6.42 Å². The molecule has 23 heavy (non-hydrogen) atoms. The maximum Gasteiger partial charge on any atom is 0.194 e. The Kier molecular flexibility index (Phi) is 3.40. The Hall–Kier alpha value is -2.58. The normalized spacial score (nSPS) is 13.3. The van der Waals surface area contributed by atoms with E-state index in [2.05, 4.69) is 54.6 Å². The Morgan fingerprint density at radius 1 is 0.826 bits per heavy atom. The minimum absolute atomic E-state index is 0.680. The van der Waals surface area contributed by atoms with E-state index in [1.807, 2.05) is 12.1 Å². The van der Waals surface area contributed by atoms with E-state index in [1.165, 1.54) is 33.4 Å². The van der Waals surface area contributed by atoms with Crippen molar-refractivity contribution in [1.82, 2.24) is 0 Å². The van der Waals surface area contributed by atoms with Crippen molar-refractivity contribution in [2.45, 2.75) is 19.6 Å². The Labute approximate surface area is 136 Å². The van der Waals surface area contributed by atoms with Gasteiger partial charge in [-0.1, -0.05) is 54.6 Å². The van der Waals surface area contributed by atoms with Crippen molar-refractivity contribution in [3.63, 3.8) is 0 Å². The fourth-order valence-corrected chi connectivity index (χ4v) is 3.34. The topological polar surface area (TPSA) is 29.5 Å². The van der Waals surface area contributed by atoms with Crippen molar-refractivity contribution in [3.8, 4) is 28.0 Å². The van der Waals surface area contributed by atoms with Gasteiger partial charge in [0.15, 0.2) is 6.29 Å². The zero-order chi connectivity index (χ0) is 15.8. The van der Waals surface area contributed by atoms with Gasteiger partial charge in [-0.3, -0.25) is 0 Å². The Balaban J connectivity index is 1.74. The van der Waals surface area contributed by atoms with Crippen molar-refractivity contribution >= 4 is 0 Å². The third kappa shape index (κ3) is 2.51. The molecule has 0 heterocycles. The summed E-state index contributed by atoms with van der Waals surface area (Å²) in [6.07, 6.45) is 0.185. The van der Waals surface area contributed by atoms with Crippen molar-refractivity contribution in [2.75, 3.05) is 0 Å². The molecule has 3 aromatic rings. The maximum absolute atomic E-state index is 9.30. The van der Waals surface area contributed by atoms with Crippen molar-refractivity contribution in [2.24, 2.45) is 0 Å². The van der Waals surface area contributed by atoms with Gasteiger partial charge in [-0.15, -0.1) is 0 Å². The van der Waals surface area contributed by atoms with E-state index < -0.39 is 6.29 Å². The molecule has 0 fully saturated rings. The smallest absolute Gasteiger partial charge is 0.194 e. The van der Waals surface area contributed by atoms with Crippen LogP contribution in [0.2, 0.25) is 0 Å². The average molecular weight is 302 g/mol. The lowest BCUT2D eigenvalue weighted by molar-refractivity contribution is -0.000282. The monoisotopic (exact) mass is 302 g/mol. The molecule has 1 atom stereocenters. The fraction of sp³-hybridized carbons (Fsp3) is 0.143. The highest BCUT2D eigenvalue weighted by Crippen LogP contribution is 2.41. The molecule has 1 aliphatic carbocycles. The summed E-state index contributed by atoms with van der Waals surface area (Å²) >= 11 is 0. The molecule has 0 saturated carbocycles. The first-order valence-electron chi connectivity index (χ1n) is 7.88. The van der Waals surface area contributed by atoms with E-state index in [0.29, 0.717) is 5.75 Å². The molecule has 0 bridgehead atoms. The van der Waals surface area contributed by atoms with Gasteiger partial charge >= 0.3 is 0 Å². The van der Waals surface area contributed by atoms with Gasteiger partial charge in [-0.25, -0.2) is 0 Å². The van der Waals surface area contributed by atoms with E-state index in [4.69, 9.17) is 4.74 Å². The molecule has 0 aliphatic heterocycles. The number of fused-ring (bicyclic) bond motifs is 3. The summed E-state index contributed by atoms with van der Waals surface area (Å²) in [6, 6.07) is 23.0. The average Bonchev–Trinajstić information content (AvgIpc) is 2.94. The van der Waals surface area contributed by atoms with Crippen LogP contribution in [0.5, 0.6) is 5.75 Å². The van der Waals surface area contributed by atoms with Crippen molar-refractivity contribution < 1.29 is 9.84 Å². The molecule has 0 radical (unpaired) electrons. The van der Waals surface area contributed by atoms with Crippen LogP contribution in [0.15, 0.2) is 66.7 Å². The largest absolute Gasteiger partial charge is 0.465 e. The Bertz CT molecular complexity index is 848. The highest BCUT2D eigenvalue weighted by molar-refractivity contribution is 5.84. The van der Waals surface area contributed by atoms with Crippen LogP contribution < -0.4 is 4.74 Å². The second-order valence-electron chi connectivity index (χ2n) is 5.91. The van der Waals surface area contributed by atoms with Crippen molar-refractivity contribution in [1.29, 1.82) is 0 Å². The lowest BCUT2D eigenvalue weighted by Gasteiger charge is -2.11. The second-order valence-corrected chi connectivity index (χ2v) is 5.91. The van der Waals surface area contributed by atoms with Gasteiger partial charge in [0.1, 0.15) is 5.75 Å². The molecule has 0 amide bonds. The predicted octanol–water partition coefficient (Wildman–Crippen LogP) is 4.64. The van der Waals surface area contributed by atoms with E-state index in [1.54, 1.807) is 6.92 Å². The van der Waals surface area contributed by atoms with Crippen LogP contribution in [0.25, 0.3) is 22.3 Å². The summed E-state index contributed by atoms with van der Waals surface area (Å²) in [7, 11) is 0. The molecule has 4 rings (SSSR count). The fourth-order valence-electron chi connectivity index (χ4n) is 3.34. The van der Waals surface area contributed by atoms with Gasteiger partial charge in [0.2, 0.25) is 0 Å². The lowest BCUT2D eigenvalue weighted by Crippen LogP contribution is -2.09. The number of aliphatic hydroxyl groups is 1. The first-order chi connectivity index (χ1) is 11.2. The van der Waals surface area contributed by atoms with E-state index in [-0.39, 0.29) is 0 Å². The zero-order valence-electron chi connectivity index (χ0n) is 13.0. The van der Waals surface area contributed by atoms with E-state index in [9.17, 15) is 5.11 Å². The first kappa shape index (κ1) is 14.0. The molecular formula is C21H18O2. The summed E-state index contributed by atoms with van der Waals surface area (Å²) in [5.74, 6) is 0.680. The molecule has 0 spiro atoms. The molecule has 1 unspecified atom stereocenters. The van der Waals surface area contributed by atoms with Gasteiger partial charge in [-0.05, 0) is 58.9 Å². The maximum atomic E-state index is 9.30. The molecule has 2 nitrogen and oxygen atoms in total. The van der Waals surface area contributed by atoms with Crippen LogP contribution in [0, 0.1) is 0 Å². The highest BCUT2D eigenvalue weighted by Gasteiger charge is 2.20. The van der Waals surface area contributed by atoms with Gasteiger partial charge in [-0.2, -0.15) is 0 Å². The number of aliphatic hydroxyl groups excluding tert-OH is 1. The summed E-state index contributed by atoms with van der Waals surface area (Å²) in [6.45, 7) is 1.61. The minimum atomic E-state index is -0.795. The molecule has 1 N–H and O–H groups in total. The van der Waals surface area contributed by atoms with Crippen LogP contribution in [0.4, 0.5) is 0 Å². The van der Waals surface area contributed by atoms with E-state index in [0.717, 1.165) is 6.42 Å². The Morgan fingerprint density at radius 3 is 2.30 bits per heavy atom. The Morgan fingerprint density at radius 2 is 1.52 bits per heavy atom. The summed E-state index contributed by atoms with van der Waals surface area (Å²) in [4.78, 5) is 0. The molecular weight excluding hydrogens is 284 g/mol. The standard InChI is InChI=1S/C21H18O2/c1-14(22)23-17-11-9-15(10-12-17)18-7-4-8-20-19-6-3-2-5-16(19)13-21(18)20/h2-12,14,22H,13H2,1H3. The third-order valence-corrected chi connectivity index (χ3v) is 4.32. The molecule has 0 saturated heterocycles. The van der Waals surface area contributed by atoms with Crippen LogP contribution in [0.1, 0.15) is 18.1 Å². The lowest BCUT2D eigenvalue weighted by atomic mass is 9.96.